The van der Waals surface area contributed by atoms with Gasteiger partial charge in [0.15, 0.2) is 0 Å². The summed E-state index contributed by atoms with van der Waals surface area (Å²) in [5, 5.41) is 8.41. The maximum Gasteiger partial charge on any atom is 0.416 e. The molecule has 1 rings (SSSR count). The molecule has 0 saturated heterocycles. The summed E-state index contributed by atoms with van der Waals surface area (Å²) in [5.74, 6) is -1.37. The zero-order valence-electron chi connectivity index (χ0n) is 6.71. The Labute approximate surface area is 76.3 Å². The molecule has 1 aromatic rings. The molecule has 0 saturated carbocycles. The normalized spacial score (nSPS) is 10.5. The molecule has 0 spiro atoms. The van der Waals surface area contributed by atoms with Crippen molar-refractivity contribution in [3.05, 3.63) is 35.4 Å². The number of hydrogen-bond acceptors (Lipinski definition) is 1. The Bertz CT molecular complexity index is 332. The summed E-state index contributed by atoms with van der Waals surface area (Å²) >= 11 is 0. The van der Waals surface area contributed by atoms with Gasteiger partial charge >= 0.3 is 12.1 Å². The van der Waals surface area contributed by atoms with Gasteiger partial charge in [-0.1, -0.05) is 6.07 Å². The zero-order valence-corrected chi connectivity index (χ0v) is 6.71. The second kappa shape index (κ2) is 4.08. The van der Waals surface area contributed by atoms with E-state index in [4.69, 9.17) is 5.11 Å². The van der Waals surface area contributed by atoms with Crippen LogP contribution in [-0.4, -0.2) is 11.1 Å². The quantitative estimate of drug-likeness (QED) is 0.723. The highest BCUT2D eigenvalue weighted by Crippen LogP contribution is 2.29. The second-order valence-electron chi connectivity index (χ2n) is 2.38. The van der Waals surface area contributed by atoms with E-state index in [1.165, 1.54) is 0 Å². The number of carbonyl (C=O) groups is 1. The van der Waals surface area contributed by atoms with E-state index in [1.54, 1.807) is 0 Å². The third-order valence-electron chi connectivity index (χ3n) is 1.44. The first-order valence-electron chi connectivity index (χ1n) is 3.32. The highest BCUT2D eigenvalue weighted by molar-refractivity contribution is 5.87. The molecule has 0 amide bonds. The minimum atomic E-state index is -4.49. The minimum Gasteiger partial charge on any atom is -0.478 e. The van der Waals surface area contributed by atoms with Crippen LogP contribution in [0.4, 0.5) is 17.9 Å². The van der Waals surface area contributed by atoms with Crippen LogP contribution in [-0.2, 0) is 6.18 Å². The summed E-state index contributed by atoms with van der Waals surface area (Å²) in [6.45, 7) is 0. The smallest absolute Gasteiger partial charge is 0.416 e. The van der Waals surface area contributed by atoms with Gasteiger partial charge in [0, 0.05) is 0 Å². The predicted octanol–water partition coefficient (Wildman–Crippen LogP) is 2.56. The summed E-state index contributed by atoms with van der Waals surface area (Å²) in [5.41, 5.74) is -1.32. The van der Waals surface area contributed by atoms with Crippen molar-refractivity contribution >= 4 is 5.97 Å². The number of aromatic carboxylic acids is 1. The Morgan fingerprint density at radius 3 is 2.29 bits per heavy atom. The molecule has 2 nitrogen and oxygen atoms in total. The Hall–Kier alpha value is -1.59. The van der Waals surface area contributed by atoms with Crippen molar-refractivity contribution in [2.45, 2.75) is 6.18 Å². The van der Waals surface area contributed by atoms with Crippen molar-refractivity contribution < 1.29 is 27.8 Å². The first-order chi connectivity index (χ1) is 5.91. The number of rotatable bonds is 1. The molecule has 1 N–H and O–H groups in total. The van der Waals surface area contributed by atoms with Gasteiger partial charge in [0.25, 0.3) is 0 Å². The van der Waals surface area contributed by atoms with E-state index in [2.05, 4.69) is 0 Å². The van der Waals surface area contributed by atoms with Gasteiger partial charge in [0.05, 0.1) is 11.1 Å². The Balaban J connectivity index is 0.00000169. The van der Waals surface area contributed by atoms with E-state index < -0.39 is 17.7 Å². The lowest BCUT2D eigenvalue weighted by Crippen LogP contribution is -2.06. The molecule has 6 heteroatoms. The second-order valence-corrected chi connectivity index (χ2v) is 2.38. The van der Waals surface area contributed by atoms with Gasteiger partial charge < -0.3 is 5.11 Å². The Morgan fingerprint density at radius 1 is 1.29 bits per heavy atom. The molecule has 0 heterocycles. The number of benzene rings is 1. The molecule has 0 fully saturated rings. The third kappa shape index (κ3) is 2.72. The summed E-state index contributed by atoms with van der Waals surface area (Å²) in [6.07, 6.45) is -4.49. The van der Waals surface area contributed by atoms with Crippen LogP contribution in [0.1, 0.15) is 15.9 Å². The van der Waals surface area contributed by atoms with E-state index in [9.17, 15) is 18.0 Å². The number of alkyl halides is 3. The highest BCUT2D eigenvalue weighted by Gasteiger charge is 2.30. The molecule has 0 atom stereocenters. The topological polar surface area (TPSA) is 37.3 Å². The fourth-order valence-electron chi connectivity index (χ4n) is 0.829. The van der Waals surface area contributed by atoms with Crippen LogP contribution in [0.15, 0.2) is 24.3 Å². The van der Waals surface area contributed by atoms with Gasteiger partial charge in [-0.2, -0.15) is 13.2 Å². The van der Waals surface area contributed by atoms with E-state index in [0.717, 1.165) is 18.2 Å². The molecule has 14 heavy (non-hydrogen) atoms. The first kappa shape index (κ1) is 12.4. The van der Waals surface area contributed by atoms with E-state index in [1.807, 2.05) is 0 Å². The zero-order chi connectivity index (χ0) is 10.1. The predicted molar refractivity (Wildman–Crippen MR) is 40.9 cm³/mol. The van der Waals surface area contributed by atoms with Crippen LogP contribution in [0.3, 0.4) is 0 Å². The van der Waals surface area contributed by atoms with Gasteiger partial charge in [-0.05, 0) is 18.2 Å². The number of halogens is 4. The van der Waals surface area contributed by atoms with Crippen molar-refractivity contribution in [3.8, 4) is 0 Å². The summed E-state index contributed by atoms with van der Waals surface area (Å²) in [4.78, 5) is 10.3. The van der Waals surface area contributed by atoms with Gasteiger partial charge in [0.1, 0.15) is 0 Å². The fraction of sp³-hybridized carbons (Fsp3) is 0.125. The summed E-state index contributed by atoms with van der Waals surface area (Å²) < 4.78 is 36.1. The van der Waals surface area contributed by atoms with Crippen LogP contribution in [0.25, 0.3) is 0 Å². The molecule has 0 radical (unpaired) electrons. The van der Waals surface area contributed by atoms with Gasteiger partial charge in [-0.15, -0.1) is 0 Å². The van der Waals surface area contributed by atoms with Crippen molar-refractivity contribution in [1.82, 2.24) is 0 Å². The van der Waals surface area contributed by atoms with Crippen LogP contribution in [0.2, 0.25) is 0 Å². The van der Waals surface area contributed by atoms with Gasteiger partial charge in [-0.3, -0.25) is 4.70 Å². The lowest BCUT2D eigenvalue weighted by molar-refractivity contribution is -0.137. The molecule has 1 aromatic carbocycles. The Kier molecular flexibility index (Phi) is 3.62. The lowest BCUT2D eigenvalue weighted by atomic mass is 10.1. The van der Waals surface area contributed by atoms with E-state index in [-0.39, 0.29) is 10.3 Å². The molecular formula is C8H6F4O2. The Morgan fingerprint density at radius 2 is 1.86 bits per heavy atom. The average molecular weight is 210 g/mol. The van der Waals surface area contributed by atoms with E-state index >= 15 is 0 Å². The molecule has 0 bridgehead atoms. The third-order valence-corrected chi connectivity index (χ3v) is 1.44. The molecule has 0 aliphatic carbocycles. The summed E-state index contributed by atoms with van der Waals surface area (Å²) in [6, 6.07) is 3.60. The summed E-state index contributed by atoms with van der Waals surface area (Å²) in [7, 11) is 0. The number of hydrogen-bond donors (Lipinski definition) is 1. The highest BCUT2D eigenvalue weighted by atomic mass is 19.4. The van der Waals surface area contributed by atoms with Gasteiger partial charge in [0.2, 0.25) is 0 Å². The molecule has 78 valence electrons. The number of carboxylic acids is 1. The van der Waals surface area contributed by atoms with Crippen molar-refractivity contribution in [1.29, 1.82) is 0 Å². The van der Waals surface area contributed by atoms with Crippen LogP contribution in [0, 0.1) is 0 Å². The monoisotopic (exact) mass is 210 g/mol. The largest absolute Gasteiger partial charge is 0.478 e. The van der Waals surface area contributed by atoms with Crippen LogP contribution < -0.4 is 0 Å². The molecule has 0 unspecified atom stereocenters. The molecular weight excluding hydrogens is 204 g/mol. The maximum absolute atomic E-state index is 12.0. The molecule has 0 aromatic heterocycles. The van der Waals surface area contributed by atoms with Crippen molar-refractivity contribution in [3.63, 3.8) is 0 Å². The van der Waals surface area contributed by atoms with E-state index in [0.29, 0.717) is 6.07 Å². The first-order valence-corrected chi connectivity index (χ1v) is 3.32. The molecule has 0 aliphatic rings. The van der Waals surface area contributed by atoms with Gasteiger partial charge in [-0.25, -0.2) is 4.79 Å². The maximum atomic E-state index is 12.0. The van der Waals surface area contributed by atoms with Crippen LogP contribution in [0.5, 0.6) is 0 Å². The lowest BCUT2D eigenvalue weighted by Gasteiger charge is -2.06. The van der Waals surface area contributed by atoms with Crippen molar-refractivity contribution in [2.75, 3.05) is 0 Å². The van der Waals surface area contributed by atoms with Crippen LogP contribution >= 0.6 is 0 Å². The van der Waals surface area contributed by atoms with Crippen molar-refractivity contribution in [2.24, 2.45) is 0 Å². The standard InChI is InChI=1S/C8H5F3O2.FH/c9-8(10,11)6-3-1-2-5(4-6)7(12)13;/h1-4H,(H,12,13);1H. The average Bonchev–Trinajstić information content (AvgIpc) is 2.03. The SMILES string of the molecule is F.O=C(O)c1cccc(C(F)(F)F)c1. The minimum absolute atomic E-state index is 0. The number of carboxylic acid groups (broad SMARTS) is 1. The molecule has 0 aliphatic heterocycles. The fourth-order valence-corrected chi connectivity index (χ4v) is 0.829.